The number of thiazole rings is 1. The molecule has 16 heavy (non-hydrogen) atoms. The summed E-state index contributed by atoms with van der Waals surface area (Å²) >= 11 is 1.66. The number of aromatic nitrogens is 1. The van der Waals surface area contributed by atoms with Gasteiger partial charge >= 0.3 is 0 Å². The average Bonchev–Trinajstić information content (AvgIpc) is 2.67. The van der Waals surface area contributed by atoms with E-state index in [0.717, 1.165) is 30.4 Å². The lowest BCUT2D eigenvalue weighted by Gasteiger charge is -2.13. The SMILES string of the molecule is CCOC(C)c1nc(CN(C)CCN)cs1. The molecule has 0 aliphatic rings. The maximum absolute atomic E-state index is 5.51. The van der Waals surface area contributed by atoms with E-state index in [1.807, 2.05) is 13.8 Å². The number of hydrogen-bond acceptors (Lipinski definition) is 5. The third-order valence-electron chi connectivity index (χ3n) is 2.28. The predicted molar refractivity (Wildman–Crippen MR) is 67.5 cm³/mol. The quantitative estimate of drug-likeness (QED) is 0.791. The molecule has 0 aliphatic carbocycles. The van der Waals surface area contributed by atoms with Gasteiger partial charge < -0.3 is 10.5 Å². The highest BCUT2D eigenvalue weighted by Crippen LogP contribution is 2.21. The molecule has 0 radical (unpaired) electrons. The largest absolute Gasteiger partial charge is 0.372 e. The van der Waals surface area contributed by atoms with Crippen LogP contribution in [0.2, 0.25) is 0 Å². The van der Waals surface area contributed by atoms with Crippen molar-refractivity contribution in [3.8, 4) is 0 Å². The lowest BCUT2D eigenvalue weighted by Crippen LogP contribution is -2.25. The number of ether oxygens (including phenoxy) is 1. The Morgan fingerprint density at radius 1 is 1.62 bits per heavy atom. The summed E-state index contributed by atoms with van der Waals surface area (Å²) in [5.41, 5.74) is 6.60. The smallest absolute Gasteiger partial charge is 0.122 e. The summed E-state index contributed by atoms with van der Waals surface area (Å²) in [4.78, 5) is 6.73. The van der Waals surface area contributed by atoms with Crippen LogP contribution in [-0.2, 0) is 11.3 Å². The van der Waals surface area contributed by atoms with Crippen molar-refractivity contribution in [2.45, 2.75) is 26.5 Å². The molecule has 0 saturated carbocycles. The van der Waals surface area contributed by atoms with Gasteiger partial charge in [0.15, 0.2) is 0 Å². The van der Waals surface area contributed by atoms with Crippen molar-refractivity contribution in [1.82, 2.24) is 9.88 Å². The molecular weight excluding hydrogens is 222 g/mol. The summed E-state index contributed by atoms with van der Waals surface area (Å²) in [7, 11) is 2.05. The first-order chi connectivity index (χ1) is 7.67. The molecule has 1 aromatic heterocycles. The van der Waals surface area contributed by atoms with Crippen molar-refractivity contribution in [3.63, 3.8) is 0 Å². The molecule has 5 heteroatoms. The topological polar surface area (TPSA) is 51.4 Å². The molecule has 0 spiro atoms. The Morgan fingerprint density at radius 2 is 2.38 bits per heavy atom. The molecule has 2 N–H and O–H groups in total. The van der Waals surface area contributed by atoms with Gasteiger partial charge in [0, 0.05) is 31.6 Å². The first-order valence-electron chi connectivity index (χ1n) is 5.61. The summed E-state index contributed by atoms with van der Waals surface area (Å²) in [6.45, 7) is 7.20. The minimum atomic E-state index is 0.101. The molecule has 92 valence electrons. The predicted octanol–water partition coefficient (Wildman–Crippen LogP) is 1.63. The number of nitrogens with two attached hydrogens (primary N) is 1. The second kappa shape index (κ2) is 6.96. The van der Waals surface area contributed by atoms with Crippen molar-refractivity contribution in [3.05, 3.63) is 16.1 Å². The molecule has 1 heterocycles. The number of hydrogen-bond donors (Lipinski definition) is 1. The van der Waals surface area contributed by atoms with Crippen LogP contribution in [0.4, 0.5) is 0 Å². The average molecular weight is 243 g/mol. The Hall–Kier alpha value is -0.490. The highest BCUT2D eigenvalue weighted by molar-refractivity contribution is 7.09. The van der Waals surface area contributed by atoms with Crippen LogP contribution in [0.5, 0.6) is 0 Å². The molecule has 0 amide bonds. The van der Waals surface area contributed by atoms with Crippen LogP contribution in [0.25, 0.3) is 0 Å². The van der Waals surface area contributed by atoms with Crippen LogP contribution in [0.3, 0.4) is 0 Å². The van der Waals surface area contributed by atoms with Crippen LogP contribution in [0, 0.1) is 0 Å². The van der Waals surface area contributed by atoms with Gasteiger partial charge in [0.2, 0.25) is 0 Å². The lowest BCUT2D eigenvalue weighted by molar-refractivity contribution is 0.0760. The Balaban J connectivity index is 2.50. The fraction of sp³-hybridized carbons (Fsp3) is 0.727. The molecule has 1 atom stereocenters. The molecule has 1 aromatic rings. The van der Waals surface area contributed by atoms with Crippen molar-refractivity contribution in [1.29, 1.82) is 0 Å². The summed E-state index contributed by atoms with van der Waals surface area (Å²) in [5, 5.41) is 3.15. The normalized spacial score (nSPS) is 13.3. The van der Waals surface area contributed by atoms with E-state index >= 15 is 0 Å². The maximum atomic E-state index is 5.51. The number of rotatable bonds is 7. The third kappa shape index (κ3) is 4.17. The number of likely N-dealkylation sites (N-methyl/N-ethyl adjacent to an activating group) is 1. The van der Waals surface area contributed by atoms with E-state index in [-0.39, 0.29) is 6.10 Å². The molecule has 0 aliphatic heterocycles. The molecule has 0 aromatic carbocycles. The van der Waals surface area contributed by atoms with Crippen LogP contribution >= 0.6 is 11.3 Å². The molecule has 4 nitrogen and oxygen atoms in total. The highest BCUT2D eigenvalue weighted by atomic mass is 32.1. The summed E-state index contributed by atoms with van der Waals surface area (Å²) in [5.74, 6) is 0. The van der Waals surface area contributed by atoms with E-state index in [1.165, 1.54) is 0 Å². The van der Waals surface area contributed by atoms with Gasteiger partial charge in [-0.3, -0.25) is 4.90 Å². The van der Waals surface area contributed by atoms with Gasteiger partial charge in [-0.25, -0.2) is 4.98 Å². The van der Waals surface area contributed by atoms with E-state index in [1.54, 1.807) is 11.3 Å². The van der Waals surface area contributed by atoms with Crippen molar-refractivity contribution < 1.29 is 4.74 Å². The Morgan fingerprint density at radius 3 is 3.00 bits per heavy atom. The van der Waals surface area contributed by atoms with Crippen LogP contribution < -0.4 is 5.73 Å². The fourth-order valence-electron chi connectivity index (χ4n) is 1.48. The second-order valence-electron chi connectivity index (χ2n) is 3.80. The van der Waals surface area contributed by atoms with Gasteiger partial charge in [0.1, 0.15) is 11.1 Å². The van der Waals surface area contributed by atoms with Gasteiger partial charge in [-0.1, -0.05) is 0 Å². The first-order valence-corrected chi connectivity index (χ1v) is 6.49. The zero-order valence-electron chi connectivity index (χ0n) is 10.3. The Labute approximate surface area is 101 Å². The van der Waals surface area contributed by atoms with Gasteiger partial charge in [-0.05, 0) is 20.9 Å². The van der Waals surface area contributed by atoms with Gasteiger partial charge in [-0.15, -0.1) is 11.3 Å². The van der Waals surface area contributed by atoms with Crippen molar-refractivity contribution in [2.75, 3.05) is 26.7 Å². The van der Waals surface area contributed by atoms with E-state index < -0.39 is 0 Å². The van der Waals surface area contributed by atoms with Gasteiger partial charge in [0.05, 0.1) is 5.69 Å². The molecule has 0 bridgehead atoms. The second-order valence-corrected chi connectivity index (χ2v) is 4.69. The fourth-order valence-corrected chi connectivity index (χ4v) is 2.29. The van der Waals surface area contributed by atoms with Gasteiger partial charge in [-0.2, -0.15) is 0 Å². The zero-order valence-corrected chi connectivity index (χ0v) is 11.1. The highest BCUT2D eigenvalue weighted by Gasteiger charge is 2.10. The molecule has 0 fully saturated rings. The summed E-state index contributed by atoms with van der Waals surface area (Å²) < 4.78 is 5.51. The molecule has 1 unspecified atom stereocenters. The minimum Gasteiger partial charge on any atom is -0.372 e. The van der Waals surface area contributed by atoms with E-state index in [9.17, 15) is 0 Å². The monoisotopic (exact) mass is 243 g/mol. The van der Waals surface area contributed by atoms with Crippen LogP contribution in [-0.4, -0.2) is 36.6 Å². The minimum absolute atomic E-state index is 0.101. The van der Waals surface area contributed by atoms with E-state index in [2.05, 4.69) is 22.3 Å². The Bertz CT molecular complexity index is 303. The first kappa shape index (κ1) is 13.6. The van der Waals surface area contributed by atoms with E-state index in [0.29, 0.717) is 6.54 Å². The summed E-state index contributed by atoms with van der Waals surface area (Å²) in [6.07, 6.45) is 0.101. The van der Waals surface area contributed by atoms with E-state index in [4.69, 9.17) is 10.5 Å². The zero-order chi connectivity index (χ0) is 12.0. The van der Waals surface area contributed by atoms with Crippen molar-refractivity contribution >= 4 is 11.3 Å². The molecule has 1 rings (SSSR count). The third-order valence-corrected chi connectivity index (χ3v) is 3.33. The lowest BCUT2D eigenvalue weighted by atomic mass is 10.4. The molecular formula is C11H21N3OS. The molecule has 0 saturated heterocycles. The number of nitrogens with zero attached hydrogens (tertiary/aromatic N) is 2. The van der Waals surface area contributed by atoms with Crippen LogP contribution in [0.1, 0.15) is 30.7 Å². The van der Waals surface area contributed by atoms with Crippen molar-refractivity contribution in [2.24, 2.45) is 5.73 Å². The van der Waals surface area contributed by atoms with Crippen LogP contribution in [0.15, 0.2) is 5.38 Å². The standard InChI is InChI=1S/C11H21N3OS/c1-4-15-9(2)11-13-10(8-16-11)7-14(3)6-5-12/h8-9H,4-7,12H2,1-3H3. The van der Waals surface area contributed by atoms with Gasteiger partial charge in [0.25, 0.3) is 0 Å². The summed E-state index contributed by atoms with van der Waals surface area (Å²) in [6, 6.07) is 0. The Kier molecular flexibility index (Phi) is 5.90. The maximum Gasteiger partial charge on any atom is 0.122 e.